The van der Waals surface area contributed by atoms with Gasteiger partial charge >= 0.3 is 0 Å². The molecule has 1 saturated carbocycles. The fourth-order valence-corrected chi connectivity index (χ4v) is 3.34. The molecule has 1 aromatic carbocycles. The van der Waals surface area contributed by atoms with E-state index in [1.807, 2.05) is 18.2 Å². The van der Waals surface area contributed by atoms with Crippen molar-refractivity contribution < 1.29 is 0 Å². The van der Waals surface area contributed by atoms with Crippen molar-refractivity contribution in [2.75, 3.05) is 5.32 Å². The first kappa shape index (κ1) is 15.6. The van der Waals surface area contributed by atoms with Crippen LogP contribution in [0.5, 0.6) is 0 Å². The van der Waals surface area contributed by atoms with Gasteiger partial charge in [-0.2, -0.15) is 0 Å². The predicted octanol–water partition coefficient (Wildman–Crippen LogP) is 5.57. The van der Waals surface area contributed by atoms with Crippen molar-refractivity contribution in [3.8, 4) is 0 Å². The Morgan fingerprint density at radius 2 is 2.05 bits per heavy atom. The molecule has 2 N–H and O–H groups in total. The summed E-state index contributed by atoms with van der Waals surface area (Å²) in [6.07, 6.45) is 7.74. The molecule has 0 saturated heterocycles. The van der Waals surface area contributed by atoms with Gasteiger partial charge in [-0.1, -0.05) is 44.9 Å². The summed E-state index contributed by atoms with van der Waals surface area (Å²) >= 11 is 3.29. The summed E-state index contributed by atoms with van der Waals surface area (Å²) in [6.45, 7) is 4.57. The summed E-state index contributed by atoms with van der Waals surface area (Å²) in [5, 5.41) is 11.5. The second-order valence-corrected chi connectivity index (χ2v) is 6.84. The zero-order valence-corrected chi connectivity index (χ0v) is 14.1. The molecular formula is C17H25BrN2. The van der Waals surface area contributed by atoms with E-state index in [1.165, 1.54) is 38.5 Å². The van der Waals surface area contributed by atoms with Crippen molar-refractivity contribution in [3.63, 3.8) is 0 Å². The van der Waals surface area contributed by atoms with Crippen LogP contribution in [-0.4, -0.2) is 10.7 Å². The molecule has 0 aliphatic heterocycles. The van der Waals surface area contributed by atoms with Gasteiger partial charge in [0.25, 0.3) is 0 Å². The highest BCUT2D eigenvalue weighted by molar-refractivity contribution is 9.18. The van der Waals surface area contributed by atoms with Crippen molar-refractivity contribution >= 4 is 26.2 Å². The normalized spacial score (nSPS) is 17.6. The monoisotopic (exact) mass is 336 g/mol. The number of hydrogen-bond acceptors (Lipinski definition) is 2. The van der Waals surface area contributed by atoms with Gasteiger partial charge < -0.3 is 5.32 Å². The first-order chi connectivity index (χ1) is 9.60. The van der Waals surface area contributed by atoms with E-state index in [2.05, 4.69) is 41.2 Å². The average molecular weight is 337 g/mol. The van der Waals surface area contributed by atoms with E-state index >= 15 is 0 Å². The predicted molar refractivity (Wildman–Crippen MR) is 91.1 cm³/mol. The number of benzene rings is 1. The number of anilines is 1. The van der Waals surface area contributed by atoms with E-state index in [4.69, 9.17) is 5.41 Å². The van der Waals surface area contributed by atoms with Crippen LogP contribution in [0.25, 0.3) is 0 Å². The van der Waals surface area contributed by atoms with Crippen LogP contribution in [0, 0.1) is 10.8 Å². The fraction of sp³-hybridized carbons (Fsp3) is 0.588. The van der Waals surface area contributed by atoms with Gasteiger partial charge in [0.05, 0.1) is 0 Å². The lowest BCUT2D eigenvalue weighted by molar-refractivity contribution is 0.400. The van der Waals surface area contributed by atoms with Crippen LogP contribution in [0.2, 0.25) is 0 Å². The SMILES string of the molecule is CCCC(CC1(CC)CC1)Nc1ccccc1C(=N)Br. The lowest BCUT2D eigenvalue weighted by Crippen LogP contribution is -2.24. The van der Waals surface area contributed by atoms with Crippen molar-refractivity contribution in [2.45, 2.75) is 58.4 Å². The Morgan fingerprint density at radius 1 is 1.35 bits per heavy atom. The third-order valence-electron chi connectivity index (χ3n) is 4.55. The standard InChI is InChI=1S/C17H25BrN2/c1-3-7-13(12-17(4-2)10-11-17)20-15-9-6-5-8-14(15)16(18)19/h5-6,8-9,13,19-20H,3-4,7,10-12H2,1-2H3. The van der Waals surface area contributed by atoms with E-state index in [0.717, 1.165) is 11.3 Å². The van der Waals surface area contributed by atoms with E-state index in [-0.39, 0.29) is 0 Å². The zero-order chi connectivity index (χ0) is 14.6. The van der Waals surface area contributed by atoms with Crippen LogP contribution in [0.4, 0.5) is 5.69 Å². The molecule has 0 aromatic heterocycles. The Hall–Kier alpha value is -0.830. The maximum atomic E-state index is 7.83. The van der Waals surface area contributed by atoms with Gasteiger partial charge in [-0.3, -0.25) is 5.41 Å². The Kier molecular flexibility index (Phi) is 5.25. The molecule has 0 heterocycles. The van der Waals surface area contributed by atoms with Gasteiger partial charge in [0.2, 0.25) is 0 Å². The van der Waals surface area contributed by atoms with E-state index in [0.29, 0.717) is 16.1 Å². The first-order valence-electron chi connectivity index (χ1n) is 7.70. The number of halogens is 1. The maximum absolute atomic E-state index is 7.83. The van der Waals surface area contributed by atoms with Crippen molar-refractivity contribution in [1.29, 1.82) is 5.41 Å². The molecule has 2 nitrogen and oxygen atoms in total. The Bertz CT molecular complexity index is 466. The van der Waals surface area contributed by atoms with Gasteiger partial charge in [0.1, 0.15) is 4.62 Å². The summed E-state index contributed by atoms with van der Waals surface area (Å²) < 4.78 is 0.451. The van der Waals surface area contributed by atoms with Crippen LogP contribution in [0.1, 0.15) is 57.9 Å². The average Bonchev–Trinajstić information content (AvgIpc) is 3.20. The summed E-state index contributed by atoms with van der Waals surface area (Å²) in [5.41, 5.74) is 2.64. The molecule has 0 radical (unpaired) electrons. The summed E-state index contributed by atoms with van der Waals surface area (Å²) in [6, 6.07) is 8.63. The minimum absolute atomic E-state index is 0.451. The topological polar surface area (TPSA) is 35.9 Å². The van der Waals surface area contributed by atoms with Crippen molar-refractivity contribution in [1.82, 2.24) is 0 Å². The third kappa shape index (κ3) is 3.85. The molecular weight excluding hydrogens is 312 g/mol. The van der Waals surface area contributed by atoms with Gasteiger partial charge in [-0.15, -0.1) is 0 Å². The molecule has 1 atom stereocenters. The molecule has 2 rings (SSSR count). The highest BCUT2D eigenvalue weighted by Crippen LogP contribution is 2.52. The van der Waals surface area contributed by atoms with Crippen LogP contribution in [0.3, 0.4) is 0 Å². The van der Waals surface area contributed by atoms with E-state index in [9.17, 15) is 0 Å². The molecule has 0 bridgehead atoms. The molecule has 110 valence electrons. The molecule has 0 amide bonds. The molecule has 1 aromatic rings. The Balaban J connectivity index is 2.10. The van der Waals surface area contributed by atoms with Crippen LogP contribution in [-0.2, 0) is 0 Å². The van der Waals surface area contributed by atoms with Gasteiger partial charge in [0, 0.05) is 17.3 Å². The van der Waals surface area contributed by atoms with Gasteiger partial charge in [0.15, 0.2) is 0 Å². The largest absolute Gasteiger partial charge is 0.382 e. The number of rotatable bonds is 8. The summed E-state index contributed by atoms with van der Waals surface area (Å²) in [4.78, 5) is 0. The smallest absolute Gasteiger partial charge is 0.106 e. The number of nitrogens with one attached hydrogen (secondary N) is 2. The molecule has 1 aliphatic rings. The Morgan fingerprint density at radius 3 is 2.60 bits per heavy atom. The molecule has 20 heavy (non-hydrogen) atoms. The second-order valence-electron chi connectivity index (χ2n) is 6.05. The molecule has 1 unspecified atom stereocenters. The number of hydrogen-bond donors (Lipinski definition) is 2. The highest BCUT2D eigenvalue weighted by atomic mass is 79.9. The molecule has 1 aliphatic carbocycles. The molecule has 3 heteroatoms. The minimum atomic E-state index is 0.451. The first-order valence-corrected chi connectivity index (χ1v) is 8.49. The van der Waals surface area contributed by atoms with Gasteiger partial charge in [-0.25, -0.2) is 0 Å². The zero-order valence-electron chi connectivity index (χ0n) is 12.5. The molecule has 1 fully saturated rings. The second kappa shape index (κ2) is 6.75. The van der Waals surface area contributed by atoms with Crippen molar-refractivity contribution in [3.05, 3.63) is 29.8 Å². The minimum Gasteiger partial charge on any atom is -0.382 e. The lowest BCUT2D eigenvalue weighted by Gasteiger charge is -2.25. The number of para-hydroxylation sites is 1. The van der Waals surface area contributed by atoms with Crippen LogP contribution < -0.4 is 5.32 Å². The summed E-state index contributed by atoms with van der Waals surface area (Å²) in [5.74, 6) is 0. The third-order valence-corrected chi connectivity index (χ3v) is 4.97. The Labute approximate surface area is 131 Å². The van der Waals surface area contributed by atoms with E-state index in [1.54, 1.807) is 0 Å². The van der Waals surface area contributed by atoms with E-state index < -0.39 is 0 Å². The lowest BCUT2D eigenvalue weighted by atomic mass is 9.91. The highest BCUT2D eigenvalue weighted by Gasteiger charge is 2.42. The van der Waals surface area contributed by atoms with Crippen molar-refractivity contribution in [2.24, 2.45) is 5.41 Å². The summed E-state index contributed by atoms with van der Waals surface area (Å²) in [7, 11) is 0. The quantitative estimate of drug-likeness (QED) is 0.598. The molecule has 0 spiro atoms. The van der Waals surface area contributed by atoms with Crippen LogP contribution >= 0.6 is 15.9 Å². The maximum Gasteiger partial charge on any atom is 0.106 e. The fourth-order valence-electron chi connectivity index (χ4n) is 3.00. The van der Waals surface area contributed by atoms with Crippen LogP contribution in [0.15, 0.2) is 24.3 Å². The van der Waals surface area contributed by atoms with Gasteiger partial charge in [-0.05, 0) is 53.1 Å².